The molecule has 1 aromatic carbocycles. The van der Waals surface area contributed by atoms with Crippen molar-refractivity contribution >= 4 is 23.0 Å². The molecule has 132 valence electrons. The Morgan fingerprint density at radius 1 is 1.33 bits per heavy atom. The third kappa shape index (κ3) is 2.96. The Bertz CT molecular complexity index is 670. The number of hydrogen-bond acceptors (Lipinski definition) is 5. The van der Waals surface area contributed by atoms with Crippen LogP contribution in [-0.4, -0.2) is 36.6 Å². The number of nitrogens with one attached hydrogen (secondary N) is 1. The van der Waals surface area contributed by atoms with Crippen LogP contribution in [0.2, 0.25) is 0 Å². The third-order valence-corrected chi connectivity index (χ3v) is 4.33. The number of fused-ring (bicyclic) bond motifs is 1. The molecule has 1 aliphatic rings. The second-order valence-electron chi connectivity index (χ2n) is 7.04. The number of methoxy groups -OCH3 is 1. The van der Waals surface area contributed by atoms with Crippen LogP contribution < -0.4 is 10.2 Å². The lowest BCUT2D eigenvalue weighted by Gasteiger charge is -2.24. The maximum absolute atomic E-state index is 12.8. The first-order valence-corrected chi connectivity index (χ1v) is 8.03. The van der Waals surface area contributed by atoms with Crippen LogP contribution in [-0.2, 0) is 14.9 Å². The van der Waals surface area contributed by atoms with E-state index in [0.29, 0.717) is 17.9 Å². The maximum atomic E-state index is 12.8. The summed E-state index contributed by atoms with van der Waals surface area (Å²) in [5.41, 5.74) is 1.03. The van der Waals surface area contributed by atoms with Crippen molar-refractivity contribution in [3.8, 4) is 0 Å². The van der Waals surface area contributed by atoms with E-state index in [2.05, 4.69) is 5.32 Å². The highest BCUT2D eigenvalue weighted by Gasteiger charge is 2.46. The molecule has 7 heteroatoms. The molecule has 0 radical (unpaired) electrons. The standard InChI is InChI=1S/C17H25N3O4/c1-10(2)19-14-8-13(18-11(3)9-24-6)15(20(22)23)7-12(14)17(4,5)16(19)21/h7-8,10-11,18H,9H2,1-6H3/t11-/m0/s1. The first-order valence-electron chi connectivity index (χ1n) is 8.03. The van der Waals surface area contributed by atoms with Crippen LogP contribution in [0.1, 0.15) is 40.2 Å². The lowest BCUT2D eigenvalue weighted by Crippen LogP contribution is -2.40. The van der Waals surface area contributed by atoms with Gasteiger partial charge in [-0.3, -0.25) is 14.9 Å². The fourth-order valence-corrected chi connectivity index (χ4v) is 3.14. The monoisotopic (exact) mass is 335 g/mol. The van der Waals surface area contributed by atoms with Crippen LogP contribution in [0.5, 0.6) is 0 Å². The van der Waals surface area contributed by atoms with Crippen molar-refractivity contribution in [1.29, 1.82) is 0 Å². The number of anilines is 2. The molecule has 1 atom stereocenters. The van der Waals surface area contributed by atoms with Gasteiger partial charge in [-0.1, -0.05) is 0 Å². The van der Waals surface area contributed by atoms with Gasteiger partial charge in [0.1, 0.15) is 5.69 Å². The van der Waals surface area contributed by atoms with E-state index in [1.54, 1.807) is 31.9 Å². The normalized spacial score (nSPS) is 17.1. The average Bonchev–Trinajstić information content (AvgIpc) is 2.65. The van der Waals surface area contributed by atoms with Gasteiger partial charge in [-0.15, -0.1) is 0 Å². The zero-order valence-corrected chi connectivity index (χ0v) is 15.0. The molecule has 1 aliphatic heterocycles. The Labute approximate surface area is 142 Å². The number of rotatable bonds is 6. The average molecular weight is 335 g/mol. The van der Waals surface area contributed by atoms with Crippen LogP contribution in [0.25, 0.3) is 0 Å². The van der Waals surface area contributed by atoms with E-state index >= 15 is 0 Å². The molecule has 1 amide bonds. The first-order chi connectivity index (χ1) is 11.1. The van der Waals surface area contributed by atoms with Crippen molar-refractivity contribution in [3.05, 3.63) is 27.8 Å². The molecule has 1 aromatic rings. The van der Waals surface area contributed by atoms with Gasteiger partial charge >= 0.3 is 0 Å². The molecule has 0 saturated carbocycles. The number of nitro groups is 1. The first kappa shape index (κ1) is 18.2. The van der Waals surface area contributed by atoms with E-state index in [9.17, 15) is 14.9 Å². The minimum absolute atomic E-state index is 0.0243. The molecule has 7 nitrogen and oxygen atoms in total. The molecular weight excluding hydrogens is 310 g/mol. The number of benzene rings is 1. The van der Waals surface area contributed by atoms with E-state index < -0.39 is 10.3 Å². The van der Waals surface area contributed by atoms with Crippen molar-refractivity contribution in [1.82, 2.24) is 0 Å². The van der Waals surface area contributed by atoms with Crippen LogP contribution in [0.4, 0.5) is 17.1 Å². The van der Waals surface area contributed by atoms with Crippen LogP contribution >= 0.6 is 0 Å². The van der Waals surface area contributed by atoms with E-state index in [1.807, 2.05) is 20.8 Å². The highest BCUT2D eigenvalue weighted by molar-refractivity contribution is 6.09. The summed E-state index contributed by atoms with van der Waals surface area (Å²) in [5.74, 6) is -0.0381. The quantitative estimate of drug-likeness (QED) is 0.638. The molecule has 0 aromatic heterocycles. The highest BCUT2D eigenvalue weighted by atomic mass is 16.6. The van der Waals surface area contributed by atoms with Gasteiger partial charge < -0.3 is 15.0 Å². The van der Waals surface area contributed by atoms with Gasteiger partial charge in [0.25, 0.3) is 5.69 Å². The molecule has 24 heavy (non-hydrogen) atoms. The molecule has 2 rings (SSSR count). The van der Waals surface area contributed by atoms with Gasteiger partial charge in [0, 0.05) is 25.3 Å². The summed E-state index contributed by atoms with van der Waals surface area (Å²) in [6, 6.07) is 3.12. The molecule has 0 bridgehead atoms. The maximum Gasteiger partial charge on any atom is 0.292 e. The third-order valence-electron chi connectivity index (χ3n) is 4.33. The molecule has 1 N–H and O–H groups in total. The van der Waals surface area contributed by atoms with E-state index in [-0.39, 0.29) is 23.7 Å². The predicted octanol–water partition coefficient (Wildman–Crippen LogP) is 3.07. The Morgan fingerprint density at radius 3 is 2.46 bits per heavy atom. The summed E-state index contributed by atoms with van der Waals surface area (Å²) in [4.78, 5) is 25.6. The topological polar surface area (TPSA) is 84.7 Å². The van der Waals surface area contributed by atoms with Crippen LogP contribution in [0.3, 0.4) is 0 Å². The molecular formula is C17H25N3O4. The van der Waals surface area contributed by atoms with Crippen LogP contribution in [0, 0.1) is 10.1 Å². The zero-order valence-electron chi connectivity index (χ0n) is 15.0. The van der Waals surface area contributed by atoms with Crippen molar-refractivity contribution in [2.75, 3.05) is 23.9 Å². The van der Waals surface area contributed by atoms with Gasteiger partial charge in [-0.2, -0.15) is 0 Å². The van der Waals surface area contributed by atoms with Gasteiger partial charge in [-0.25, -0.2) is 0 Å². The predicted molar refractivity (Wildman–Crippen MR) is 93.7 cm³/mol. The minimum atomic E-state index is -0.777. The van der Waals surface area contributed by atoms with Crippen molar-refractivity contribution in [2.24, 2.45) is 0 Å². The van der Waals surface area contributed by atoms with Crippen molar-refractivity contribution in [3.63, 3.8) is 0 Å². The van der Waals surface area contributed by atoms with Crippen molar-refractivity contribution in [2.45, 2.75) is 52.1 Å². The molecule has 0 unspecified atom stereocenters. The number of amides is 1. The number of carbonyl (C=O) groups excluding carboxylic acids is 1. The lowest BCUT2D eigenvalue weighted by molar-refractivity contribution is -0.384. The molecule has 0 saturated heterocycles. The summed E-state index contributed by atoms with van der Waals surface area (Å²) < 4.78 is 5.08. The Hall–Kier alpha value is -2.15. The van der Waals surface area contributed by atoms with Gasteiger partial charge in [0.15, 0.2) is 0 Å². The number of hydrogen-bond donors (Lipinski definition) is 1. The lowest BCUT2D eigenvalue weighted by atomic mass is 9.85. The number of ether oxygens (including phenoxy) is 1. The second kappa shape index (κ2) is 6.39. The van der Waals surface area contributed by atoms with Gasteiger partial charge in [0.2, 0.25) is 5.91 Å². The Morgan fingerprint density at radius 2 is 1.96 bits per heavy atom. The highest BCUT2D eigenvalue weighted by Crippen LogP contribution is 2.46. The second-order valence-corrected chi connectivity index (χ2v) is 7.04. The molecule has 0 fully saturated rings. The number of nitrogens with zero attached hydrogens (tertiary/aromatic N) is 2. The Kier molecular flexibility index (Phi) is 4.85. The van der Waals surface area contributed by atoms with E-state index in [0.717, 1.165) is 5.69 Å². The van der Waals surface area contributed by atoms with Gasteiger partial charge in [-0.05, 0) is 46.2 Å². The molecule has 0 spiro atoms. The summed E-state index contributed by atoms with van der Waals surface area (Å²) in [5, 5.41) is 14.6. The van der Waals surface area contributed by atoms with E-state index in [1.165, 1.54) is 6.07 Å². The van der Waals surface area contributed by atoms with Crippen molar-refractivity contribution < 1.29 is 14.5 Å². The fraction of sp³-hybridized carbons (Fsp3) is 0.588. The Balaban J connectivity index is 2.60. The zero-order chi connectivity index (χ0) is 18.2. The number of carbonyl (C=O) groups is 1. The summed E-state index contributed by atoms with van der Waals surface area (Å²) in [7, 11) is 1.58. The summed E-state index contributed by atoms with van der Waals surface area (Å²) >= 11 is 0. The smallest absolute Gasteiger partial charge is 0.292 e. The minimum Gasteiger partial charge on any atom is -0.383 e. The van der Waals surface area contributed by atoms with Crippen LogP contribution in [0.15, 0.2) is 12.1 Å². The SMILES string of the molecule is COC[C@H](C)Nc1cc2c(cc1[N+](=O)[O-])C(C)(C)C(=O)N2C(C)C. The van der Waals surface area contributed by atoms with E-state index in [4.69, 9.17) is 4.74 Å². The summed E-state index contributed by atoms with van der Waals surface area (Å²) in [6.45, 7) is 9.79. The molecule has 1 heterocycles. The fourth-order valence-electron chi connectivity index (χ4n) is 3.14. The summed E-state index contributed by atoms with van der Waals surface area (Å²) in [6.07, 6.45) is 0. The van der Waals surface area contributed by atoms with Gasteiger partial charge in [0.05, 0.1) is 22.6 Å². The largest absolute Gasteiger partial charge is 0.383 e. The number of nitro benzene ring substituents is 1. The molecule has 0 aliphatic carbocycles.